The lowest BCUT2D eigenvalue weighted by atomic mass is 10.1. The number of rotatable bonds is 9. The third kappa shape index (κ3) is 6.02. The van der Waals surface area contributed by atoms with E-state index in [4.69, 9.17) is 9.47 Å². The molecule has 0 saturated carbocycles. The molecule has 0 aliphatic rings. The van der Waals surface area contributed by atoms with Crippen LogP contribution in [0.2, 0.25) is 0 Å². The minimum Gasteiger partial charge on any atom is -0.496 e. The molecule has 11 heteroatoms. The van der Waals surface area contributed by atoms with Crippen LogP contribution >= 0.6 is 0 Å². The number of aliphatic carboxylic acids is 1. The zero-order valence-electron chi connectivity index (χ0n) is 19.2. The van der Waals surface area contributed by atoms with Crippen molar-refractivity contribution in [2.45, 2.75) is 19.4 Å². The van der Waals surface area contributed by atoms with Gasteiger partial charge in [0.2, 0.25) is 0 Å². The molecule has 0 aliphatic carbocycles. The number of methoxy groups -OCH3 is 2. The predicted molar refractivity (Wildman–Crippen MR) is 126 cm³/mol. The zero-order valence-corrected chi connectivity index (χ0v) is 19.2. The summed E-state index contributed by atoms with van der Waals surface area (Å²) in [6.07, 6.45) is 0.873. The van der Waals surface area contributed by atoms with E-state index >= 15 is 0 Å². The SMILES string of the molecule is COc1cccc(OC)c1C(=O)Nc1[nH]c(=O)ncc1CC(NC(=O)c1cccc(C)c1)C(=O)O. The summed E-state index contributed by atoms with van der Waals surface area (Å²) in [6, 6.07) is 10.1. The lowest BCUT2D eigenvalue weighted by Crippen LogP contribution is -2.42. The van der Waals surface area contributed by atoms with Crippen molar-refractivity contribution in [3.05, 3.63) is 81.4 Å². The Morgan fingerprint density at radius 2 is 1.71 bits per heavy atom. The Labute approximate surface area is 200 Å². The smallest absolute Gasteiger partial charge is 0.346 e. The summed E-state index contributed by atoms with van der Waals surface area (Å²) in [5, 5.41) is 14.7. The number of nitrogens with one attached hydrogen (secondary N) is 3. The summed E-state index contributed by atoms with van der Waals surface area (Å²) in [5.41, 5.74) is 0.637. The van der Waals surface area contributed by atoms with E-state index in [-0.39, 0.29) is 34.9 Å². The van der Waals surface area contributed by atoms with Gasteiger partial charge in [0.15, 0.2) is 0 Å². The molecule has 0 radical (unpaired) electrons. The van der Waals surface area contributed by atoms with Gasteiger partial charge in [0.1, 0.15) is 28.9 Å². The highest BCUT2D eigenvalue weighted by molar-refractivity contribution is 6.08. The largest absolute Gasteiger partial charge is 0.496 e. The summed E-state index contributed by atoms with van der Waals surface area (Å²) < 4.78 is 10.5. The molecule has 0 saturated heterocycles. The van der Waals surface area contributed by atoms with Crippen molar-refractivity contribution in [1.29, 1.82) is 0 Å². The number of benzene rings is 2. The number of H-pyrrole nitrogens is 1. The average molecular weight is 480 g/mol. The van der Waals surface area contributed by atoms with Gasteiger partial charge in [-0.25, -0.2) is 14.6 Å². The number of hydrogen-bond donors (Lipinski definition) is 4. The van der Waals surface area contributed by atoms with Crippen molar-refractivity contribution in [2.24, 2.45) is 0 Å². The Kier molecular flexibility index (Phi) is 7.82. The first kappa shape index (κ1) is 25.0. The molecule has 1 heterocycles. The first-order valence-corrected chi connectivity index (χ1v) is 10.4. The maximum Gasteiger partial charge on any atom is 0.346 e. The number of ether oxygens (including phenoxy) is 2. The van der Waals surface area contributed by atoms with Gasteiger partial charge in [-0.1, -0.05) is 23.8 Å². The van der Waals surface area contributed by atoms with Crippen molar-refractivity contribution < 1.29 is 29.0 Å². The zero-order chi connectivity index (χ0) is 25.5. The van der Waals surface area contributed by atoms with Gasteiger partial charge >= 0.3 is 11.7 Å². The maximum absolute atomic E-state index is 13.1. The number of nitrogens with zero attached hydrogens (tertiary/aromatic N) is 1. The van der Waals surface area contributed by atoms with Gasteiger partial charge in [-0.2, -0.15) is 0 Å². The fourth-order valence-electron chi connectivity index (χ4n) is 3.39. The summed E-state index contributed by atoms with van der Waals surface area (Å²) >= 11 is 0. The third-order valence-corrected chi connectivity index (χ3v) is 5.09. The number of anilines is 1. The van der Waals surface area contributed by atoms with Crippen LogP contribution in [0.1, 0.15) is 31.8 Å². The van der Waals surface area contributed by atoms with E-state index in [0.29, 0.717) is 5.56 Å². The van der Waals surface area contributed by atoms with Gasteiger partial charge in [-0.15, -0.1) is 0 Å². The van der Waals surface area contributed by atoms with Crippen LogP contribution in [-0.2, 0) is 11.2 Å². The number of amides is 2. The molecule has 0 spiro atoms. The van der Waals surface area contributed by atoms with Gasteiger partial charge in [0.25, 0.3) is 11.8 Å². The maximum atomic E-state index is 13.1. The highest BCUT2D eigenvalue weighted by Gasteiger charge is 2.25. The molecule has 11 nitrogen and oxygen atoms in total. The molecule has 0 fully saturated rings. The minimum atomic E-state index is -1.37. The Hall–Kier alpha value is -4.67. The van der Waals surface area contributed by atoms with Gasteiger partial charge in [0, 0.05) is 23.7 Å². The Morgan fingerprint density at radius 3 is 2.31 bits per heavy atom. The number of aryl methyl sites for hydroxylation is 1. The standard InChI is InChI=1S/C24H24N4O7/c1-13-6-4-7-14(10-13)21(29)26-16(23(31)32)11-15-12-25-24(33)28-20(15)27-22(30)19-17(34-2)8-5-9-18(19)35-3/h4-10,12,16H,11H2,1-3H3,(H,26,29)(H,31,32)(H2,25,27,28,30,33). The quantitative estimate of drug-likeness (QED) is 0.361. The number of carboxylic acids is 1. The summed E-state index contributed by atoms with van der Waals surface area (Å²) in [4.78, 5) is 55.5. The molecule has 182 valence electrons. The molecule has 35 heavy (non-hydrogen) atoms. The molecular formula is C24H24N4O7. The van der Waals surface area contributed by atoms with Gasteiger partial charge in [-0.05, 0) is 31.2 Å². The highest BCUT2D eigenvalue weighted by Crippen LogP contribution is 2.29. The summed E-state index contributed by atoms with van der Waals surface area (Å²) in [7, 11) is 2.78. The average Bonchev–Trinajstić information content (AvgIpc) is 2.84. The van der Waals surface area contributed by atoms with Crippen LogP contribution in [0.15, 0.2) is 53.5 Å². The number of carbonyl (C=O) groups excluding carboxylic acids is 2. The second-order valence-corrected chi connectivity index (χ2v) is 7.52. The van der Waals surface area contributed by atoms with Crippen molar-refractivity contribution >= 4 is 23.6 Å². The molecule has 0 bridgehead atoms. The van der Waals surface area contributed by atoms with E-state index in [9.17, 15) is 24.3 Å². The number of carbonyl (C=O) groups is 3. The molecule has 1 aromatic heterocycles. The minimum absolute atomic E-state index is 0.0704. The van der Waals surface area contributed by atoms with Crippen LogP contribution in [0.4, 0.5) is 5.82 Å². The van der Waals surface area contributed by atoms with E-state index in [1.165, 1.54) is 14.2 Å². The van der Waals surface area contributed by atoms with Crippen LogP contribution in [0.5, 0.6) is 11.5 Å². The third-order valence-electron chi connectivity index (χ3n) is 5.09. The Bertz CT molecular complexity index is 1300. The molecule has 2 amide bonds. The van der Waals surface area contributed by atoms with Gasteiger partial charge < -0.3 is 25.2 Å². The van der Waals surface area contributed by atoms with Crippen molar-refractivity contribution in [2.75, 3.05) is 19.5 Å². The van der Waals surface area contributed by atoms with Crippen molar-refractivity contribution in [3.8, 4) is 11.5 Å². The molecule has 2 aromatic carbocycles. The molecule has 1 unspecified atom stereocenters. The van der Waals surface area contributed by atoms with Crippen molar-refractivity contribution in [1.82, 2.24) is 15.3 Å². The Morgan fingerprint density at radius 1 is 1.06 bits per heavy atom. The van der Waals surface area contributed by atoms with Crippen molar-refractivity contribution in [3.63, 3.8) is 0 Å². The normalized spacial score (nSPS) is 11.3. The second kappa shape index (κ2) is 11.0. The fraction of sp³-hybridized carbons (Fsp3) is 0.208. The number of hydrogen-bond acceptors (Lipinski definition) is 7. The molecule has 0 aliphatic heterocycles. The Balaban J connectivity index is 1.89. The highest BCUT2D eigenvalue weighted by atomic mass is 16.5. The second-order valence-electron chi connectivity index (χ2n) is 7.52. The molecule has 1 atom stereocenters. The molecule has 3 rings (SSSR count). The summed E-state index contributed by atoms with van der Waals surface area (Å²) in [5.74, 6) is -2.16. The lowest BCUT2D eigenvalue weighted by molar-refractivity contribution is -0.139. The first-order chi connectivity index (χ1) is 16.7. The van der Waals surface area contributed by atoms with E-state index in [2.05, 4.69) is 20.6 Å². The number of aromatic amines is 1. The fourth-order valence-corrected chi connectivity index (χ4v) is 3.39. The number of aromatic nitrogens is 2. The van der Waals surface area contributed by atoms with Crippen LogP contribution in [0, 0.1) is 6.92 Å². The van der Waals surface area contributed by atoms with Gasteiger partial charge in [-0.3, -0.25) is 14.6 Å². The molecule has 4 N–H and O–H groups in total. The van der Waals surface area contributed by atoms with Gasteiger partial charge in [0.05, 0.1) is 14.2 Å². The van der Waals surface area contributed by atoms with Crippen LogP contribution in [-0.4, -0.2) is 53.1 Å². The topological polar surface area (TPSA) is 160 Å². The van der Waals surface area contributed by atoms with E-state index in [0.717, 1.165) is 11.8 Å². The van der Waals surface area contributed by atoms with Crippen LogP contribution < -0.4 is 25.8 Å². The molecular weight excluding hydrogens is 456 g/mol. The molecule has 3 aromatic rings. The lowest BCUT2D eigenvalue weighted by Gasteiger charge is -2.17. The predicted octanol–water partition coefficient (Wildman–Crippen LogP) is 1.77. The van der Waals surface area contributed by atoms with Crippen LogP contribution in [0.25, 0.3) is 0 Å². The van der Waals surface area contributed by atoms with E-state index < -0.39 is 29.5 Å². The van der Waals surface area contributed by atoms with E-state index in [1.807, 2.05) is 13.0 Å². The first-order valence-electron chi connectivity index (χ1n) is 10.4. The summed E-state index contributed by atoms with van der Waals surface area (Å²) in [6.45, 7) is 1.81. The number of carboxylic acid groups (broad SMARTS) is 1. The van der Waals surface area contributed by atoms with Crippen LogP contribution in [0.3, 0.4) is 0 Å². The van der Waals surface area contributed by atoms with E-state index in [1.54, 1.807) is 36.4 Å². The monoisotopic (exact) mass is 480 g/mol.